The lowest BCUT2D eigenvalue weighted by Gasteiger charge is -2.22. The van der Waals surface area contributed by atoms with E-state index in [0.717, 1.165) is 0 Å². The zero-order valence-corrected chi connectivity index (χ0v) is 11.6. The van der Waals surface area contributed by atoms with Gasteiger partial charge in [-0.2, -0.15) is 10.2 Å². The van der Waals surface area contributed by atoms with Gasteiger partial charge < -0.3 is 0 Å². The van der Waals surface area contributed by atoms with Gasteiger partial charge in [-0.1, -0.05) is 36.4 Å². The van der Waals surface area contributed by atoms with E-state index in [1.807, 2.05) is 12.1 Å². The summed E-state index contributed by atoms with van der Waals surface area (Å²) in [5, 5.41) is 1.15. The number of hydrogen-bond donors (Lipinski definition) is 4. The Bertz CT molecular complexity index is 577. The number of para-hydroxylation sites is 2. The molecule has 8 nitrogen and oxygen atoms in total. The van der Waals surface area contributed by atoms with E-state index < -0.39 is 11.8 Å². The van der Waals surface area contributed by atoms with Crippen LogP contribution in [0, 0.1) is 0 Å². The van der Waals surface area contributed by atoms with Crippen LogP contribution in [-0.4, -0.2) is 22.1 Å². The number of carbonyl (C=O) groups is 2. The monoisotopic (exact) mass is 300 g/mol. The molecule has 2 aromatic carbocycles. The maximum absolute atomic E-state index is 11.9. The predicted molar refractivity (Wildman–Crippen MR) is 82.2 cm³/mol. The fourth-order valence-corrected chi connectivity index (χ4v) is 1.61. The Balaban J connectivity index is 1.94. The minimum absolute atomic E-state index is 0.561. The molecule has 0 unspecified atom stereocenters. The van der Waals surface area contributed by atoms with Gasteiger partial charge in [0.25, 0.3) is 0 Å². The van der Waals surface area contributed by atoms with Gasteiger partial charge in [0.2, 0.25) is 0 Å². The van der Waals surface area contributed by atoms with E-state index in [-0.39, 0.29) is 0 Å². The average Bonchev–Trinajstić information content (AvgIpc) is 2.55. The number of amides is 2. The second-order valence-electron chi connectivity index (χ2n) is 4.31. The highest BCUT2D eigenvalue weighted by Crippen LogP contribution is 2.07. The van der Waals surface area contributed by atoms with Gasteiger partial charge in [-0.3, -0.25) is 20.4 Å². The molecule has 2 rings (SSSR count). The molecule has 0 heterocycles. The standard InChI is InChI=1S/C14H16N6O2/c15-19(17-11-7-3-1-4-8-11)13(21)14(22)20(16)18-12-9-5-2-6-10-12/h1-10,17-18H,15-16H2. The summed E-state index contributed by atoms with van der Waals surface area (Å²) < 4.78 is 0. The van der Waals surface area contributed by atoms with Crippen molar-refractivity contribution in [3.63, 3.8) is 0 Å². The number of nitrogens with zero attached hydrogens (tertiary/aromatic N) is 2. The fraction of sp³-hybridized carbons (Fsp3) is 0. The maximum atomic E-state index is 11.9. The van der Waals surface area contributed by atoms with Gasteiger partial charge in [-0.25, -0.2) is 11.7 Å². The molecule has 8 heteroatoms. The summed E-state index contributed by atoms with van der Waals surface area (Å²) in [6, 6.07) is 17.4. The third kappa shape index (κ3) is 3.95. The normalized spacial score (nSPS) is 9.73. The fourth-order valence-electron chi connectivity index (χ4n) is 1.61. The summed E-state index contributed by atoms with van der Waals surface area (Å²) in [4.78, 5) is 23.8. The number of rotatable bonds is 4. The zero-order valence-electron chi connectivity index (χ0n) is 11.6. The van der Waals surface area contributed by atoms with E-state index in [1.165, 1.54) is 0 Å². The molecule has 0 bridgehead atoms. The molecule has 0 radical (unpaired) electrons. The Morgan fingerprint density at radius 3 is 1.32 bits per heavy atom. The predicted octanol–water partition coefficient (Wildman–Crippen LogP) is 0.445. The Labute approximate surface area is 127 Å². The molecule has 0 saturated heterocycles. The van der Waals surface area contributed by atoms with E-state index >= 15 is 0 Å². The van der Waals surface area contributed by atoms with Crippen molar-refractivity contribution >= 4 is 23.2 Å². The second kappa shape index (κ2) is 7.07. The maximum Gasteiger partial charge on any atom is 0.348 e. The van der Waals surface area contributed by atoms with Crippen LogP contribution in [0.2, 0.25) is 0 Å². The third-order valence-electron chi connectivity index (χ3n) is 2.67. The Kier molecular flexibility index (Phi) is 4.91. The molecule has 0 aromatic heterocycles. The number of anilines is 2. The van der Waals surface area contributed by atoms with Crippen LogP contribution in [0.5, 0.6) is 0 Å². The zero-order chi connectivity index (χ0) is 15.9. The van der Waals surface area contributed by atoms with Crippen molar-refractivity contribution in [2.75, 3.05) is 10.9 Å². The summed E-state index contributed by atoms with van der Waals surface area (Å²) in [5.74, 6) is 9.01. The molecule has 6 N–H and O–H groups in total. The molecule has 0 aliphatic rings. The van der Waals surface area contributed by atoms with Gasteiger partial charge in [-0.05, 0) is 24.3 Å². The second-order valence-corrected chi connectivity index (χ2v) is 4.31. The van der Waals surface area contributed by atoms with Crippen LogP contribution >= 0.6 is 0 Å². The molecule has 0 fully saturated rings. The van der Waals surface area contributed by atoms with Crippen molar-refractivity contribution in [1.82, 2.24) is 10.2 Å². The van der Waals surface area contributed by atoms with Crippen LogP contribution in [0.4, 0.5) is 11.4 Å². The van der Waals surface area contributed by atoms with Crippen LogP contribution in [0.1, 0.15) is 0 Å². The summed E-state index contributed by atoms with van der Waals surface area (Å²) in [5.41, 5.74) is 6.27. The lowest BCUT2D eigenvalue weighted by atomic mass is 10.3. The molecule has 0 atom stereocenters. The van der Waals surface area contributed by atoms with E-state index in [2.05, 4.69) is 10.9 Å². The van der Waals surface area contributed by atoms with Gasteiger partial charge in [0, 0.05) is 0 Å². The van der Waals surface area contributed by atoms with Crippen molar-refractivity contribution in [3.8, 4) is 0 Å². The molecule has 0 spiro atoms. The summed E-state index contributed by atoms with van der Waals surface area (Å²) >= 11 is 0. The highest BCUT2D eigenvalue weighted by atomic mass is 16.2. The first-order chi connectivity index (χ1) is 10.6. The number of hydrogen-bond acceptors (Lipinski definition) is 6. The molecule has 0 saturated carbocycles. The number of nitrogens with two attached hydrogens (primary N) is 2. The number of nitrogens with one attached hydrogen (secondary N) is 2. The molecule has 22 heavy (non-hydrogen) atoms. The quantitative estimate of drug-likeness (QED) is 0.282. The minimum atomic E-state index is -1.02. The highest BCUT2D eigenvalue weighted by molar-refractivity contribution is 6.34. The summed E-state index contributed by atoms with van der Waals surface area (Å²) in [7, 11) is 0. The van der Waals surface area contributed by atoms with E-state index in [9.17, 15) is 9.59 Å². The molecule has 0 aliphatic carbocycles. The van der Waals surface area contributed by atoms with Crippen LogP contribution in [-0.2, 0) is 9.59 Å². The molecular formula is C14H16N6O2. The van der Waals surface area contributed by atoms with E-state index in [0.29, 0.717) is 21.6 Å². The first kappa shape index (κ1) is 15.3. The molecular weight excluding hydrogens is 284 g/mol. The molecule has 2 amide bonds. The number of benzene rings is 2. The topological polar surface area (TPSA) is 117 Å². The smallest absolute Gasteiger partial charge is 0.281 e. The van der Waals surface area contributed by atoms with Gasteiger partial charge in [-0.15, -0.1) is 0 Å². The molecule has 114 valence electrons. The van der Waals surface area contributed by atoms with Gasteiger partial charge in [0.1, 0.15) is 0 Å². The van der Waals surface area contributed by atoms with Crippen molar-refractivity contribution in [1.29, 1.82) is 0 Å². The van der Waals surface area contributed by atoms with Crippen LogP contribution in [0.3, 0.4) is 0 Å². The van der Waals surface area contributed by atoms with E-state index in [4.69, 9.17) is 11.7 Å². The average molecular weight is 300 g/mol. The Morgan fingerprint density at radius 1 is 0.682 bits per heavy atom. The summed E-state index contributed by atoms with van der Waals surface area (Å²) in [6.07, 6.45) is 0. The minimum Gasteiger partial charge on any atom is -0.281 e. The first-order valence-electron chi connectivity index (χ1n) is 6.39. The Hall–Kier alpha value is -3.10. The lowest BCUT2D eigenvalue weighted by Crippen LogP contribution is -2.54. The van der Waals surface area contributed by atoms with Crippen molar-refractivity contribution in [3.05, 3.63) is 60.7 Å². The lowest BCUT2D eigenvalue weighted by molar-refractivity contribution is -0.150. The van der Waals surface area contributed by atoms with Gasteiger partial charge in [0.05, 0.1) is 11.4 Å². The first-order valence-corrected chi connectivity index (χ1v) is 6.39. The van der Waals surface area contributed by atoms with E-state index in [1.54, 1.807) is 48.5 Å². The number of hydrazine groups is 4. The van der Waals surface area contributed by atoms with Crippen LogP contribution < -0.4 is 22.5 Å². The van der Waals surface area contributed by atoms with Gasteiger partial charge >= 0.3 is 11.8 Å². The largest absolute Gasteiger partial charge is 0.348 e. The Morgan fingerprint density at radius 2 is 1.00 bits per heavy atom. The van der Waals surface area contributed by atoms with Crippen LogP contribution in [0.15, 0.2) is 60.7 Å². The third-order valence-corrected chi connectivity index (χ3v) is 2.67. The number of carbonyl (C=O) groups excluding carboxylic acids is 2. The summed E-state index contributed by atoms with van der Waals surface area (Å²) in [6.45, 7) is 0. The molecule has 0 aliphatic heterocycles. The highest BCUT2D eigenvalue weighted by Gasteiger charge is 2.24. The SMILES string of the molecule is NN(Nc1ccccc1)C(=O)C(=O)N(N)Nc1ccccc1. The van der Waals surface area contributed by atoms with Gasteiger partial charge in [0.15, 0.2) is 0 Å². The van der Waals surface area contributed by atoms with Crippen LogP contribution in [0.25, 0.3) is 0 Å². The van der Waals surface area contributed by atoms with Crippen molar-refractivity contribution in [2.45, 2.75) is 0 Å². The van der Waals surface area contributed by atoms with Crippen molar-refractivity contribution in [2.24, 2.45) is 11.7 Å². The van der Waals surface area contributed by atoms with Crippen molar-refractivity contribution < 1.29 is 9.59 Å². The molecule has 2 aromatic rings.